The van der Waals surface area contributed by atoms with E-state index in [-0.39, 0.29) is 6.61 Å². The van der Waals surface area contributed by atoms with Crippen molar-refractivity contribution >= 4 is 5.97 Å². The van der Waals surface area contributed by atoms with Crippen LogP contribution in [-0.2, 0) is 18.4 Å². The molecule has 112 valence electrons. The van der Waals surface area contributed by atoms with Crippen molar-refractivity contribution in [3.05, 3.63) is 53.9 Å². The van der Waals surface area contributed by atoms with Gasteiger partial charge in [0.1, 0.15) is 12.4 Å². The Morgan fingerprint density at radius 2 is 2.18 bits per heavy atom. The third-order valence-corrected chi connectivity index (χ3v) is 3.16. The molecule has 0 aliphatic carbocycles. The Morgan fingerprint density at radius 3 is 2.86 bits per heavy atom. The molecule has 0 fully saturated rings. The molecule has 0 radical (unpaired) electrons. The van der Waals surface area contributed by atoms with Crippen molar-refractivity contribution in [3.8, 4) is 11.5 Å². The van der Waals surface area contributed by atoms with Crippen LogP contribution < -0.4 is 0 Å². The Balaban J connectivity index is 1.82. The molecule has 0 atom stereocenters. The summed E-state index contributed by atoms with van der Waals surface area (Å²) in [6, 6.07) is 6.95. The highest BCUT2D eigenvalue weighted by molar-refractivity contribution is 5.96. The number of aryl methyl sites for hydroxylation is 2. The highest BCUT2D eigenvalue weighted by atomic mass is 16.5. The lowest BCUT2D eigenvalue weighted by atomic mass is 10.1. The molecule has 22 heavy (non-hydrogen) atoms. The van der Waals surface area contributed by atoms with Crippen molar-refractivity contribution in [2.24, 2.45) is 7.05 Å². The topological polar surface area (TPSA) is 83.0 Å². The number of aromatic nitrogens is 4. The molecule has 7 nitrogen and oxygen atoms in total. The predicted octanol–water partition coefficient (Wildman–Crippen LogP) is 2.14. The molecule has 3 aromatic rings. The number of benzene rings is 1. The number of carbonyl (C=O) groups excluding carboxylic acids is 1. The van der Waals surface area contributed by atoms with Gasteiger partial charge in [-0.25, -0.2) is 9.78 Å². The van der Waals surface area contributed by atoms with E-state index in [1.54, 1.807) is 48.1 Å². The van der Waals surface area contributed by atoms with Crippen molar-refractivity contribution in [2.75, 3.05) is 0 Å². The van der Waals surface area contributed by atoms with Crippen molar-refractivity contribution in [1.82, 2.24) is 19.7 Å². The van der Waals surface area contributed by atoms with Gasteiger partial charge < -0.3 is 13.8 Å². The highest BCUT2D eigenvalue weighted by Gasteiger charge is 2.18. The van der Waals surface area contributed by atoms with E-state index in [2.05, 4.69) is 15.1 Å². The SMILES string of the molecule is Cc1noc(-c2ccccc2C(=O)OCc2nccn2C)n1. The fourth-order valence-electron chi connectivity index (χ4n) is 2.00. The van der Waals surface area contributed by atoms with Crippen LogP contribution in [0.2, 0.25) is 0 Å². The van der Waals surface area contributed by atoms with Gasteiger partial charge in [-0.15, -0.1) is 0 Å². The molecule has 2 aromatic heterocycles. The molecule has 0 unspecified atom stereocenters. The molecular formula is C15H14N4O3. The molecule has 0 aliphatic rings. The quantitative estimate of drug-likeness (QED) is 0.686. The lowest BCUT2D eigenvalue weighted by Gasteiger charge is -2.07. The lowest BCUT2D eigenvalue weighted by molar-refractivity contribution is 0.0460. The van der Waals surface area contributed by atoms with Gasteiger partial charge in [-0.3, -0.25) is 0 Å². The van der Waals surface area contributed by atoms with Gasteiger partial charge in [-0.1, -0.05) is 17.3 Å². The molecule has 3 rings (SSSR count). The van der Waals surface area contributed by atoms with Gasteiger partial charge in [0, 0.05) is 19.4 Å². The standard InChI is InChI=1S/C15H14N4O3/c1-10-17-14(22-18-10)11-5-3-4-6-12(11)15(20)21-9-13-16-7-8-19(13)2/h3-8H,9H2,1-2H3. The van der Waals surface area contributed by atoms with Crippen molar-refractivity contribution in [1.29, 1.82) is 0 Å². The van der Waals surface area contributed by atoms with E-state index in [4.69, 9.17) is 9.26 Å². The number of carbonyl (C=O) groups is 1. The average Bonchev–Trinajstić information content (AvgIpc) is 3.13. The summed E-state index contributed by atoms with van der Waals surface area (Å²) in [5, 5.41) is 3.74. The minimum atomic E-state index is -0.463. The first kappa shape index (κ1) is 14.0. The van der Waals surface area contributed by atoms with E-state index in [1.807, 2.05) is 7.05 Å². The van der Waals surface area contributed by atoms with E-state index in [0.29, 0.717) is 28.7 Å². The first-order valence-corrected chi connectivity index (χ1v) is 6.68. The number of imidazole rings is 1. The number of nitrogens with zero attached hydrogens (tertiary/aromatic N) is 4. The molecule has 7 heteroatoms. The van der Waals surface area contributed by atoms with Crippen molar-refractivity contribution < 1.29 is 14.1 Å². The van der Waals surface area contributed by atoms with Gasteiger partial charge in [0.2, 0.25) is 0 Å². The zero-order chi connectivity index (χ0) is 15.5. The summed E-state index contributed by atoms with van der Waals surface area (Å²) in [6.45, 7) is 1.81. The maximum Gasteiger partial charge on any atom is 0.339 e. The maximum absolute atomic E-state index is 12.3. The first-order chi connectivity index (χ1) is 10.6. The van der Waals surface area contributed by atoms with Crippen LogP contribution in [0.25, 0.3) is 11.5 Å². The van der Waals surface area contributed by atoms with Crippen LogP contribution in [-0.4, -0.2) is 25.7 Å². The molecule has 0 aliphatic heterocycles. The molecule has 0 N–H and O–H groups in total. The Kier molecular flexibility index (Phi) is 3.69. The molecular weight excluding hydrogens is 284 g/mol. The number of rotatable bonds is 4. The summed E-state index contributed by atoms with van der Waals surface area (Å²) in [7, 11) is 1.84. The van der Waals surface area contributed by atoms with Crippen molar-refractivity contribution in [3.63, 3.8) is 0 Å². The second-order valence-corrected chi connectivity index (χ2v) is 4.72. The normalized spacial score (nSPS) is 10.6. The lowest BCUT2D eigenvalue weighted by Crippen LogP contribution is -2.09. The van der Waals surface area contributed by atoms with Crippen LogP contribution in [0.4, 0.5) is 0 Å². The van der Waals surface area contributed by atoms with Crippen LogP contribution in [0.3, 0.4) is 0 Å². The Morgan fingerprint density at radius 1 is 1.36 bits per heavy atom. The summed E-state index contributed by atoms with van der Waals surface area (Å²) in [5.41, 5.74) is 0.924. The molecule has 0 saturated heterocycles. The summed E-state index contributed by atoms with van der Waals surface area (Å²) in [4.78, 5) is 20.6. The molecule has 0 amide bonds. The highest BCUT2D eigenvalue weighted by Crippen LogP contribution is 2.22. The van der Waals surface area contributed by atoms with Gasteiger partial charge >= 0.3 is 5.97 Å². The van der Waals surface area contributed by atoms with Gasteiger partial charge in [0.05, 0.1) is 11.1 Å². The zero-order valence-corrected chi connectivity index (χ0v) is 12.2. The number of ether oxygens (including phenoxy) is 1. The van der Waals surface area contributed by atoms with E-state index in [0.717, 1.165) is 0 Å². The Hall–Kier alpha value is -2.96. The predicted molar refractivity (Wildman–Crippen MR) is 76.8 cm³/mol. The maximum atomic E-state index is 12.3. The van der Waals surface area contributed by atoms with Crippen LogP contribution in [0.15, 0.2) is 41.2 Å². The Bertz CT molecular complexity index is 806. The molecule has 0 saturated carbocycles. The largest absolute Gasteiger partial charge is 0.454 e. The summed E-state index contributed by atoms with van der Waals surface area (Å²) in [5.74, 6) is 1.00. The summed E-state index contributed by atoms with van der Waals surface area (Å²) >= 11 is 0. The van der Waals surface area contributed by atoms with Crippen LogP contribution in [0, 0.1) is 6.92 Å². The minimum absolute atomic E-state index is 0.0968. The van der Waals surface area contributed by atoms with Gasteiger partial charge in [-0.05, 0) is 19.1 Å². The number of hydrogen-bond donors (Lipinski definition) is 0. The fourth-order valence-corrected chi connectivity index (χ4v) is 2.00. The Labute approximate surface area is 126 Å². The minimum Gasteiger partial charge on any atom is -0.454 e. The molecule has 1 aromatic carbocycles. The molecule has 0 spiro atoms. The number of esters is 1. The third kappa shape index (κ3) is 2.73. The zero-order valence-electron chi connectivity index (χ0n) is 12.2. The third-order valence-electron chi connectivity index (χ3n) is 3.16. The van der Waals surface area contributed by atoms with E-state index >= 15 is 0 Å². The van der Waals surface area contributed by atoms with Crippen LogP contribution in [0.5, 0.6) is 0 Å². The van der Waals surface area contributed by atoms with Crippen LogP contribution >= 0.6 is 0 Å². The summed E-state index contributed by atoms with van der Waals surface area (Å²) in [6.07, 6.45) is 3.44. The van der Waals surface area contributed by atoms with E-state index in [1.165, 1.54) is 0 Å². The monoisotopic (exact) mass is 298 g/mol. The first-order valence-electron chi connectivity index (χ1n) is 6.68. The van der Waals surface area contributed by atoms with E-state index in [9.17, 15) is 4.79 Å². The van der Waals surface area contributed by atoms with Gasteiger partial charge in [-0.2, -0.15) is 4.98 Å². The van der Waals surface area contributed by atoms with Crippen molar-refractivity contribution in [2.45, 2.75) is 13.5 Å². The molecule has 2 heterocycles. The second kappa shape index (κ2) is 5.80. The molecule has 0 bridgehead atoms. The van der Waals surface area contributed by atoms with Gasteiger partial charge in [0.15, 0.2) is 5.82 Å². The van der Waals surface area contributed by atoms with Crippen LogP contribution in [0.1, 0.15) is 22.0 Å². The summed E-state index contributed by atoms with van der Waals surface area (Å²) < 4.78 is 12.2. The van der Waals surface area contributed by atoms with Gasteiger partial charge in [0.25, 0.3) is 5.89 Å². The second-order valence-electron chi connectivity index (χ2n) is 4.72. The average molecular weight is 298 g/mol. The number of hydrogen-bond acceptors (Lipinski definition) is 6. The smallest absolute Gasteiger partial charge is 0.339 e. The fraction of sp³-hybridized carbons (Fsp3) is 0.200. The van der Waals surface area contributed by atoms with E-state index < -0.39 is 5.97 Å².